The Bertz CT molecular complexity index is 470. The quantitative estimate of drug-likeness (QED) is 0.778. The summed E-state index contributed by atoms with van der Waals surface area (Å²) in [5, 5.41) is 0. The summed E-state index contributed by atoms with van der Waals surface area (Å²) >= 11 is 0. The molecule has 16 heavy (non-hydrogen) atoms. The van der Waals surface area contributed by atoms with Crippen molar-refractivity contribution in [1.82, 2.24) is 19.9 Å². The molecule has 5 heteroatoms. The molecule has 0 aliphatic rings. The van der Waals surface area contributed by atoms with Gasteiger partial charge in [-0.3, -0.25) is 0 Å². The standard InChI is InChI=1S/C11H12N4O/c1-3-9-4-10(15-7-14-9)8-5-12-11(16-2)13-6-8/h4-7H,3H2,1-2H3. The van der Waals surface area contributed by atoms with E-state index in [1.165, 1.54) is 7.11 Å². The Labute approximate surface area is 93.6 Å². The van der Waals surface area contributed by atoms with Crippen LogP contribution in [-0.2, 0) is 6.42 Å². The highest BCUT2D eigenvalue weighted by molar-refractivity contribution is 5.56. The minimum absolute atomic E-state index is 0.355. The van der Waals surface area contributed by atoms with Gasteiger partial charge in [0.15, 0.2) is 0 Å². The highest BCUT2D eigenvalue weighted by Crippen LogP contribution is 2.16. The van der Waals surface area contributed by atoms with Crippen LogP contribution < -0.4 is 4.74 Å². The van der Waals surface area contributed by atoms with E-state index in [1.807, 2.05) is 6.07 Å². The van der Waals surface area contributed by atoms with Crippen molar-refractivity contribution in [1.29, 1.82) is 0 Å². The lowest BCUT2D eigenvalue weighted by Gasteiger charge is -2.02. The van der Waals surface area contributed by atoms with E-state index in [0.29, 0.717) is 6.01 Å². The molecule has 2 heterocycles. The second-order valence-electron chi connectivity index (χ2n) is 3.21. The summed E-state index contributed by atoms with van der Waals surface area (Å²) in [5.74, 6) is 0. The number of rotatable bonds is 3. The fourth-order valence-corrected chi connectivity index (χ4v) is 1.30. The first-order valence-corrected chi connectivity index (χ1v) is 5.00. The molecule has 0 radical (unpaired) electrons. The van der Waals surface area contributed by atoms with E-state index in [0.717, 1.165) is 23.4 Å². The average molecular weight is 216 g/mol. The molecule has 0 amide bonds. The van der Waals surface area contributed by atoms with Crippen LogP contribution in [0.3, 0.4) is 0 Å². The van der Waals surface area contributed by atoms with Crippen LogP contribution in [0, 0.1) is 0 Å². The van der Waals surface area contributed by atoms with Crippen molar-refractivity contribution in [2.24, 2.45) is 0 Å². The van der Waals surface area contributed by atoms with E-state index in [2.05, 4.69) is 26.9 Å². The van der Waals surface area contributed by atoms with Crippen LogP contribution in [-0.4, -0.2) is 27.0 Å². The number of hydrogen-bond acceptors (Lipinski definition) is 5. The number of aryl methyl sites for hydroxylation is 1. The number of methoxy groups -OCH3 is 1. The third-order valence-corrected chi connectivity index (χ3v) is 2.19. The molecule has 0 N–H and O–H groups in total. The van der Waals surface area contributed by atoms with Crippen molar-refractivity contribution in [3.63, 3.8) is 0 Å². The molecule has 0 aliphatic carbocycles. The minimum atomic E-state index is 0.355. The van der Waals surface area contributed by atoms with Crippen LogP contribution >= 0.6 is 0 Å². The first-order valence-electron chi connectivity index (χ1n) is 5.00. The van der Waals surface area contributed by atoms with Gasteiger partial charge in [0.2, 0.25) is 0 Å². The van der Waals surface area contributed by atoms with Crippen molar-refractivity contribution >= 4 is 0 Å². The molecule has 0 bridgehead atoms. The van der Waals surface area contributed by atoms with Crippen molar-refractivity contribution in [2.75, 3.05) is 7.11 Å². The maximum atomic E-state index is 4.89. The first-order chi connectivity index (χ1) is 7.83. The lowest BCUT2D eigenvalue weighted by molar-refractivity contribution is 0.380. The fraction of sp³-hybridized carbons (Fsp3) is 0.273. The molecule has 0 atom stereocenters. The third-order valence-electron chi connectivity index (χ3n) is 2.19. The Morgan fingerprint density at radius 2 is 1.88 bits per heavy atom. The number of hydrogen-bond donors (Lipinski definition) is 0. The number of nitrogens with zero attached hydrogens (tertiary/aromatic N) is 4. The second-order valence-corrected chi connectivity index (χ2v) is 3.21. The Morgan fingerprint density at radius 1 is 1.12 bits per heavy atom. The first kappa shape index (κ1) is 10.5. The smallest absolute Gasteiger partial charge is 0.316 e. The summed E-state index contributed by atoms with van der Waals surface area (Å²) in [5.41, 5.74) is 2.69. The van der Waals surface area contributed by atoms with E-state index >= 15 is 0 Å². The Morgan fingerprint density at radius 3 is 2.50 bits per heavy atom. The van der Waals surface area contributed by atoms with Gasteiger partial charge in [-0.25, -0.2) is 19.9 Å². The Hall–Kier alpha value is -2.04. The molecule has 82 valence electrons. The summed E-state index contributed by atoms with van der Waals surface area (Å²) in [6.45, 7) is 2.05. The van der Waals surface area contributed by atoms with Crippen LogP contribution in [0.2, 0.25) is 0 Å². The van der Waals surface area contributed by atoms with Gasteiger partial charge in [0, 0.05) is 23.7 Å². The molecule has 0 unspecified atom stereocenters. The SMILES string of the molecule is CCc1cc(-c2cnc(OC)nc2)ncn1. The maximum Gasteiger partial charge on any atom is 0.316 e. The van der Waals surface area contributed by atoms with E-state index in [9.17, 15) is 0 Å². The monoisotopic (exact) mass is 216 g/mol. The molecule has 0 fully saturated rings. The predicted octanol–water partition coefficient (Wildman–Crippen LogP) is 1.50. The molecule has 2 rings (SSSR count). The summed E-state index contributed by atoms with van der Waals surface area (Å²) in [4.78, 5) is 16.4. The lowest BCUT2D eigenvalue weighted by Crippen LogP contribution is -1.94. The molecule has 0 spiro atoms. The molecular formula is C11H12N4O. The van der Waals surface area contributed by atoms with Crippen LogP contribution in [0.4, 0.5) is 0 Å². The zero-order valence-electron chi connectivity index (χ0n) is 9.21. The Balaban J connectivity index is 2.34. The number of ether oxygens (including phenoxy) is 1. The largest absolute Gasteiger partial charge is 0.467 e. The molecule has 0 aromatic carbocycles. The van der Waals surface area contributed by atoms with Gasteiger partial charge in [0.1, 0.15) is 6.33 Å². The van der Waals surface area contributed by atoms with Crippen LogP contribution in [0.25, 0.3) is 11.3 Å². The van der Waals surface area contributed by atoms with Crippen LogP contribution in [0.15, 0.2) is 24.8 Å². The van der Waals surface area contributed by atoms with Gasteiger partial charge in [-0.05, 0) is 12.5 Å². The number of aromatic nitrogens is 4. The van der Waals surface area contributed by atoms with Crippen molar-refractivity contribution in [2.45, 2.75) is 13.3 Å². The normalized spacial score (nSPS) is 10.1. The minimum Gasteiger partial charge on any atom is -0.467 e. The molecule has 2 aromatic rings. The van der Waals surface area contributed by atoms with Crippen molar-refractivity contribution in [3.8, 4) is 17.3 Å². The lowest BCUT2D eigenvalue weighted by atomic mass is 10.2. The zero-order chi connectivity index (χ0) is 11.4. The highest BCUT2D eigenvalue weighted by Gasteiger charge is 2.03. The molecular weight excluding hydrogens is 204 g/mol. The van der Waals surface area contributed by atoms with E-state index in [4.69, 9.17) is 4.74 Å². The summed E-state index contributed by atoms with van der Waals surface area (Å²) in [6, 6.07) is 2.29. The summed E-state index contributed by atoms with van der Waals surface area (Å²) < 4.78 is 4.89. The van der Waals surface area contributed by atoms with Gasteiger partial charge in [-0.2, -0.15) is 0 Å². The summed E-state index contributed by atoms with van der Waals surface area (Å²) in [7, 11) is 1.54. The van der Waals surface area contributed by atoms with E-state index < -0.39 is 0 Å². The van der Waals surface area contributed by atoms with Gasteiger partial charge in [0.05, 0.1) is 12.8 Å². The topological polar surface area (TPSA) is 60.8 Å². The third kappa shape index (κ3) is 2.13. The summed E-state index contributed by atoms with van der Waals surface area (Å²) in [6.07, 6.45) is 5.81. The van der Waals surface area contributed by atoms with Gasteiger partial charge < -0.3 is 4.74 Å². The van der Waals surface area contributed by atoms with Crippen LogP contribution in [0.1, 0.15) is 12.6 Å². The zero-order valence-corrected chi connectivity index (χ0v) is 9.21. The van der Waals surface area contributed by atoms with Gasteiger partial charge in [-0.1, -0.05) is 6.92 Å². The Kier molecular flexibility index (Phi) is 3.05. The van der Waals surface area contributed by atoms with Gasteiger partial charge in [-0.15, -0.1) is 0 Å². The van der Waals surface area contributed by atoms with Crippen LogP contribution in [0.5, 0.6) is 6.01 Å². The maximum absolute atomic E-state index is 4.89. The van der Waals surface area contributed by atoms with Crippen molar-refractivity contribution in [3.05, 3.63) is 30.5 Å². The predicted molar refractivity (Wildman–Crippen MR) is 59.0 cm³/mol. The molecule has 2 aromatic heterocycles. The highest BCUT2D eigenvalue weighted by atomic mass is 16.5. The van der Waals surface area contributed by atoms with E-state index in [-0.39, 0.29) is 0 Å². The molecule has 0 saturated carbocycles. The molecule has 0 aliphatic heterocycles. The van der Waals surface area contributed by atoms with E-state index in [1.54, 1.807) is 18.7 Å². The van der Waals surface area contributed by atoms with Gasteiger partial charge >= 0.3 is 6.01 Å². The molecule has 5 nitrogen and oxygen atoms in total. The second kappa shape index (κ2) is 4.65. The van der Waals surface area contributed by atoms with Gasteiger partial charge in [0.25, 0.3) is 0 Å². The fourth-order valence-electron chi connectivity index (χ4n) is 1.30. The molecule has 0 saturated heterocycles. The average Bonchev–Trinajstić information content (AvgIpc) is 2.39. The van der Waals surface area contributed by atoms with Crippen molar-refractivity contribution < 1.29 is 4.74 Å².